The Morgan fingerprint density at radius 1 is 1.12 bits per heavy atom. The minimum Gasteiger partial charge on any atom is -0.455 e. The van der Waals surface area contributed by atoms with Crippen LogP contribution in [0.4, 0.5) is 0 Å². The van der Waals surface area contributed by atoms with Gasteiger partial charge in [-0.3, -0.25) is 9.59 Å². The van der Waals surface area contributed by atoms with Crippen LogP contribution in [0, 0.1) is 0 Å². The van der Waals surface area contributed by atoms with Crippen molar-refractivity contribution in [3.63, 3.8) is 0 Å². The quantitative estimate of drug-likeness (QED) is 0.695. The van der Waals surface area contributed by atoms with Crippen LogP contribution in [0.3, 0.4) is 0 Å². The molecule has 3 rings (SSSR count). The second-order valence-electron chi connectivity index (χ2n) is 7.08. The van der Waals surface area contributed by atoms with Gasteiger partial charge in [-0.2, -0.15) is 0 Å². The molecule has 0 saturated carbocycles. The molecular weight excluding hydrogens is 398 g/mol. The lowest BCUT2D eigenvalue weighted by Gasteiger charge is -2.35. The first-order chi connectivity index (χ1) is 12.6. The number of amides is 1. The van der Waals surface area contributed by atoms with Crippen molar-refractivity contribution in [1.29, 1.82) is 0 Å². The van der Waals surface area contributed by atoms with Crippen LogP contribution < -0.4 is 0 Å². The van der Waals surface area contributed by atoms with E-state index in [4.69, 9.17) is 9.47 Å². The van der Waals surface area contributed by atoms with Crippen molar-refractivity contribution < 1.29 is 19.1 Å². The lowest BCUT2D eigenvalue weighted by molar-refractivity contribution is -0.160. The van der Waals surface area contributed by atoms with Crippen LogP contribution in [0.2, 0.25) is 0 Å². The van der Waals surface area contributed by atoms with Crippen molar-refractivity contribution in [3.8, 4) is 0 Å². The van der Waals surface area contributed by atoms with E-state index in [1.54, 1.807) is 0 Å². The molecular formula is C20H26BrNO4. The molecule has 2 saturated heterocycles. The minimum absolute atomic E-state index is 0.0864. The summed E-state index contributed by atoms with van der Waals surface area (Å²) in [5.74, 6) is -0.404. The molecule has 6 heteroatoms. The van der Waals surface area contributed by atoms with Crippen LogP contribution >= 0.6 is 15.9 Å². The number of esters is 1. The molecule has 0 N–H and O–H groups in total. The van der Waals surface area contributed by atoms with Crippen LogP contribution in [0.15, 0.2) is 28.7 Å². The lowest BCUT2D eigenvalue weighted by atomic mass is 9.74. The number of carbonyl (C=O) groups is 2. The standard InChI is InChI=1S/C20H26BrNO4/c21-17-7-5-6-16(14-17)20(8-12-25-13-9-20)19(24)26-15-18(23)22-10-3-1-2-4-11-22/h5-7,14H,1-4,8-13,15H2. The second kappa shape index (κ2) is 9.00. The van der Waals surface area contributed by atoms with Gasteiger partial charge in [-0.25, -0.2) is 0 Å². The van der Waals surface area contributed by atoms with Crippen molar-refractivity contribution in [3.05, 3.63) is 34.3 Å². The Bertz CT molecular complexity index is 634. The minimum atomic E-state index is -0.735. The van der Waals surface area contributed by atoms with Gasteiger partial charge in [0.25, 0.3) is 5.91 Å². The van der Waals surface area contributed by atoms with E-state index < -0.39 is 5.41 Å². The summed E-state index contributed by atoms with van der Waals surface area (Å²) in [5.41, 5.74) is 0.184. The van der Waals surface area contributed by atoms with Gasteiger partial charge in [0.15, 0.2) is 6.61 Å². The highest BCUT2D eigenvalue weighted by atomic mass is 79.9. The number of nitrogens with zero attached hydrogens (tertiary/aromatic N) is 1. The fourth-order valence-corrected chi connectivity index (χ4v) is 4.19. The van der Waals surface area contributed by atoms with Crippen molar-refractivity contribution in [2.75, 3.05) is 32.9 Å². The van der Waals surface area contributed by atoms with Crippen molar-refractivity contribution in [1.82, 2.24) is 4.90 Å². The molecule has 2 aliphatic heterocycles. The van der Waals surface area contributed by atoms with Gasteiger partial charge in [0, 0.05) is 30.8 Å². The molecule has 0 atom stereocenters. The Hall–Kier alpha value is -1.40. The number of benzene rings is 1. The van der Waals surface area contributed by atoms with Crippen LogP contribution in [0.1, 0.15) is 44.1 Å². The van der Waals surface area contributed by atoms with Gasteiger partial charge in [-0.05, 0) is 43.4 Å². The maximum Gasteiger partial charge on any atom is 0.317 e. The Balaban J connectivity index is 1.69. The van der Waals surface area contributed by atoms with Crippen molar-refractivity contribution in [2.24, 2.45) is 0 Å². The third-order valence-electron chi connectivity index (χ3n) is 5.40. The van der Waals surface area contributed by atoms with Crippen molar-refractivity contribution >= 4 is 27.8 Å². The third kappa shape index (κ3) is 4.46. The number of hydrogen-bond donors (Lipinski definition) is 0. The summed E-state index contributed by atoms with van der Waals surface area (Å²) in [6.07, 6.45) is 5.52. The van der Waals surface area contributed by atoms with Gasteiger partial charge in [0.1, 0.15) is 0 Å². The van der Waals surface area contributed by atoms with Gasteiger partial charge in [0.05, 0.1) is 5.41 Å². The van der Waals surface area contributed by atoms with Crippen LogP contribution in [0.25, 0.3) is 0 Å². The SMILES string of the molecule is O=C(COC(=O)C1(c2cccc(Br)c2)CCOCC1)N1CCCCCC1. The smallest absolute Gasteiger partial charge is 0.317 e. The van der Waals surface area contributed by atoms with E-state index in [0.29, 0.717) is 26.1 Å². The van der Waals surface area contributed by atoms with Gasteiger partial charge >= 0.3 is 5.97 Å². The first-order valence-corrected chi connectivity index (χ1v) is 10.2. The summed E-state index contributed by atoms with van der Waals surface area (Å²) in [6.45, 7) is 2.39. The highest BCUT2D eigenvalue weighted by molar-refractivity contribution is 9.10. The fourth-order valence-electron chi connectivity index (χ4n) is 3.79. The third-order valence-corrected chi connectivity index (χ3v) is 5.89. The molecule has 5 nitrogen and oxygen atoms in total. The van der Waals surface area contributed by atoms with E-state index in [1.807, 2.05) is 29.2 Å². The monoisotopic (exact) mass is 423 g/mol. The van der Waals surface area contributed by atoms with E-state index in [-0.39, 0.29) is 18.5 Å². The molecule has 1 aromatic carbocycles. The maximum atomic E-state index is 13.0. The number of rotatable bonds is 4. The summed E-state index contributed by atoms with van der Waals surface area (Å²) >= 11 is 3.48. The zero-order valence-electron chi connectivity index (χ0n) is 15.0. The Labute approximate surface area is 163 Å². The maximum absolute atomic E-state index is 13.0. The number of carbonyl (C=O) groups excluding carboxylic acids is 2. The highest BCUT2D eigenvalue weighted by Crippen LogP contribution is 2.37. The average molecular weight is 424 g/mol. The summed E-state index contributed by atoms with van der Waals surface area (Å²) in [5, 5.41) is 0. The highest BCUT2D eigenvalue weighted by Gasteiger charge is 2.43. The number of hydrogen-bond acceptors (Lipinski definition) is 4. The molecule has 1 aromatic rings. The summed E-state index contributed by atoms with van der Waals surface area (Å²) in [6, 6.07) is 7.77. The van der Waals surface area contributed by atoms with Gasteiger partial charge in [-0.1, -0.05) is 40.9 Å². The van der Waals surface area contributed by atoms with Gasteiger partial charge < -0.3 is 14.4 Å². The van der Waals surface area contributed by atoms with Crippen LogP contribution in [0.5, 0.6) is 0 Å². The van der Waals surface area contributed by atoms with Crippen LogP contribution in [-0.2, 0) is 24.5 Å². The van der Waals surface area contributed by atoms with Gasteiger partial charge in [0.2, 0.25) is 0 Å². The summed E-state index contributed by atoms with van der Waals surface area (Å²) in [4.78, 5) is 27.3. The molecule has 2 aliphatic rings. The normalized spacial score (nSPS) is 20.3. The molecule has 142 valence electrons. The second-order valence-corrected chi connectivity index (χ2v) is 7.99. The van der Waals surface area contributed by atoms with E-state index in [2.05, 4.69) is 15.9 Å². The first kappa shape index (κ1) is 19.4. The molecule has 2 fully saturated rings. The molecule has 26 heavy (non-hydrogen) atoms. The zero-order chi connectivity index (χ0) is 18.4. The topological polar surface area (TPSA) is 55.8 Å². The van der Waals surface area contributed by atoms with E-state index in [9.17, 15) is 9.59 Å². The Morgan fingerprint density at radius 2 is 1.81 bits per heavy atom. The van der Waals surface area contributed by atoms with Gasteiger partial charge in [-0.15, -0.1) is 0 Å². The lowest BCUT2D eigenvalue weighted by Crippen LogP contribution is -2.44. The van der Waals surface area contributed by atoms with Crippen LogP contribution in [-0.4, -0.2) is 49.7 Å². The molecule has 0 aliphatic carbocycles. The molecule has 0 aromatic heterocycles. The first-order valence-electron chi connectivity index (χ1n) is 9.41. The van der Waals surface area contributed by atoms with E-state index in [0.717, 1.165) is 48.8 Å². The fraction of sp³-hybridized carbons (Fsp3) is 0.600. The molecule has 0 unspecified atom stereocenters. The Morgan fingerprint density at radius 3 is 2.46 bits per heavy atom. The predicted molar refractivity (Wildman–Crippen MR) is 102 cm³/mol. The largest absolute Gasteiger partial charge is 0.455 e. The summed E-state index contributed by atoms with van der Waals surface area (Å²) in [7, 11) is 0. The molecule has 0 bridgehead atoms. The van der Waals surface area contributed by atoms with E-state index in [1.165, 1.54) is 0 Å². The Kier molecular flexibility index (Phi) is 6.70. The molecule has 2 heterocycles. The zero-order valence-corrected chi connectivity index (χ0v) is 16.6. The average Bonchev–Trinajstić information content (AvgIpc) is 2.96. The predicted octanol–water partition coefficient (Wildman–Crippen LogP) is 3.44. The number of likely N-dealkylation sites (tertiary alicyclic amines) is 1. The van der Waals surface area contributed by atoms with Crippen molar-refractivity contribution in [2.45, 2.75) is 43.9 Å². The molecule has 0 spiro atoms. The molecule has 1 amide bonds. The number of halogens is 1. The van der Waals surface area contributed by atoms with E-state index >= 15 is 0 Å². The summed E-state index contributed by atoms with van der Waals surface area (Å²) < 4.78 is 11.9. The number of ether oxygens (including phenoxy) is 2. The molecule has 0 radical (unpaired) electrons.